The number of aromatic nitrogens is 6. The van der Waals surface area contributed by atoms with Crippen molar-refractivity contribution in [3.63, 3.8) is 0 Å². The summed E-state index contributed by atoms with van der Waals surface area (Å²) < 4.78 is 57.0. The fourth-order valence-corrected chi connectivity index (χ4v) is 11.2. The van der Waals surface area contributed by atoms with Gasteiger partial charge in [-0.15, -0.1) is 0 Å². The molecule has 0 aliphatic heterocycles. The number of carbonyl (C=O) groups excluding carboxylic acids is 2. The van der Waals surface area contributed by atoms with E-state index < -0.39 is 11.6 Å². The summed E-state index contributed by atoms with van der Waals surface area (Å²) in [6.45, 7) is 4.33. The molecule has 4 aliphatic rings. The predicted octanol–water partition coefficient (Wildman–Crippen LogP) is 12.7. The van der Waals surface area contributed by atoms with Crippen LogP contribution < -0.4 is 10.6 Å². The number of fused-ring (bicyclic) bond motifs is 4. The number of nitrogens with zero attached hydrogens (tertiary/aromatic N) is 4. The second-order valence-electron chi connectivity index (χ2n) is 20.4. The van der Waals surface area contributed by atoms with Gasteiger partial charge in [0.05, 0.1) is 44.2 Å². The monoisotopic (exact) mass is 948 g/mol. The summed E-state index contributed by atoms with van der Waals surface area (Å²) in [5.74, 6) is 1.41. The molecule has 360 valence electrons. The molecule has 4 saturated carbocycles. The van der Waals surface area contributed by atoms with E-state index in [9.17, 15) is 27.2 Å². The molecule has 10 nitrogen and oxygen atoms in total. The van der Waals surface area contributed by atoms with Crippen molar-refractivity contribution in [2.75, 3.05) is 0 Å². The van der Waals surface area contributed by atoms with E-state index in [1.54, 1.807) is 36.4 Å². The van der Waals surface area contributed by atoms with Crippen molar-refractivity contribution in [3.8, 4) is 0 Å². The quantitative estimate of drug-likeness (QED) is 0.101. The molecule has 2 atom stereocenters. The highest BCUT2D eigenvalue weighted by atomic mass is 19.1. The molecule has 0 bridgehead atoms. The van der Waals surface area contributed by atoms with Crippen LogP contribution in [0.5, 0.6) is 0 Å². The van der Waals surface area contributed by atoms with E-state index in [2.05, 4.69) is 44.4 Å². The molecule has 8 aromatic rings. The van der Waals surface area contributed by atoms with Gasteiger partial charge >= 0.3 is 0 Å². The third-order valence-electron chi connectivity index (χ3n) is 15.7. The van der Waals surface area contributed by atoms with Crippen molar-refractivity contribution in [3.05, 3.63) is 142 Å². The molecule has 4 N–H and O–H groups in total. The molecule has 0 spiro atoms. The van der Waals surface area contributed by atoms with Crippen molar-refractivity contribution < 1.29 is 27.2 Å². The lowest BCUT2D eigenvalue weighted by Gasteiger charge is -2.32. The van der Waals surface area contributed by atoms with Crippen LogP contribution in [0.3, 0.4) is 0 Å². The number of hydrogen-bond acceptors (Lipinski definition) is 6. The maximum absolute atomic E-state index is 14.6. The van der Waals surface area contributed by atoms with Crippen LogP contribution >= 0.6 is 0 Å². The predicted molar refractivity (Wildman–Crippen MR) is 263 cm³/mol. The molecule has 4 fully saturated rings. The van der Waals surface area contributed by atoms with Crippen molar-refractivity contribution in [2.24, 2.45) is 11.8 Å². The number of H-pyrrole nitrogens is 2. The number of halogens is 4. The Kier molecular flexibility index (Phi) is 12.3. The van der Waals surface area contributed by atoms with Crippen LogP contribution in [0, 0.1) is 35.1 Å². The fraction of sp³-hybridized carbons (Fsp3) is 0.393. The highest BCUT2D eigenvalue weighted by molar-refractivity contribution is 5.99. The van der Waals surface area contributed by atoms with Crippen molar-refractivity contribution >= 4 is 55.7 Å². The third-order valence-corrected chi connectivity index (χ3v) is 15.7. The SMILES string of the molecule is CC(c1nc2cc(C(=O)NC3CC3)c(F)cc2[nH]1)C1CCC(c2ccnc3ccc(F)cc23)CC1.CC(c1nc2cc(C(=O)NC3CC3)c(F)cc2[nH]1)C1CCC(c2ccnc3ccc(F)cc23)CC1. The fourth-order valence-electron chi connectivity index (χ4n) is 11.2. The maximum atomic E-state index is 14.6. The molecule has 0 radical (unpaired) electrons. The van der Waals surface area contributed by atoms with Crippen LogP contribution in [0.25, 0.3) is 43.9 Å². The molecule has 4 aromatic heterocycles. The Bertz CT molecular complexity index is 3060. The summed E-state index contributed by atoms with van der Waals surface area (Å²) in [4.78, 5) is 49.6. The average Bonchev–Trinajstić information content (AvgIpc) is 4.29. The molecule has 12 rings (SSSR count). The molecule has 2 amide bonds. The van der Waals surface area contributed by atoms with Gasteiger partial charge in [0.25, 0.3) is 11.8 Å². The van der Waals surface area contributed by atoms with E-state index in [1.165, 1.54) is 35.4 Å². The van der Waals surface area contributed by atoms with Crippen molar-refractivity contribution in [1.82, 2.24) is 40.5 Å². The minimum atomic E-state index is -0.528. The molecule has 14 heteroatoms. The Morgan fingerprint density at radius 2 is 0.914 bits per heavy atom. The minimum absolute atomic E-state index is 0.0524. The Balaban J connectivity index is 0.000000152. The van der Waals surface area contributed by atoms with Gasteiger partial charge in [-0.2, -0.15) is 0 Å². The standard InChI is InChI=1S/2C28H28F2N4O/c2*1-15(27-33-25-13-22(23(30)14-26(25)34-27)28(35)32-19-7-8-19)16-2-4-17(5-3-16)20-10-11-31-24-9-6-18(29)12-21(20)24/h2*6,9-17,19H,2-5,7-8H2,1H3,(H,32,35)(H,33,34). The Hall–Kier alpha value is -6.70. The topological polar surface area (TPSA) is 141 Å². The zero-order chi connectivity index (χ0) is 48.2. The lowest BCUT2D eigenvalue weighted by molar-refractivity contribution is 0.0938. The second-order valence-corrected chi connectivity index (χ2v) is 20.4. The highest BCUT2D eigenvalue weighted by Crippen LogP contribution is 2.45. The number of nitrogens with one attached hydrogen (secondary N) is 4. The zero-order valence-corrected chi connectivity index (χ0v) is 39.3. The average molecular weight is 949 g/mol. The Morgan fingerprint density at radius 3 is 1.30 bits per heavy atom. The van der Waals surface area contributed by atoms with E-state index in [4.69, 9.17) is 9.97 Å². The summed E-state index contributed by atoms with van der Waals surface area (Å²) in [6.07, 6.45) is 15.7. The number of amides is 2. The van der Waals surface area contributed by atoms with E-state index in [-0.39, 0.29) is 58.5 Å². The summed E-state index contributed by atoms with van der Waals surface area (Å²) >= 11 is 0. The molecule has 70 heavy (non-hydrogen) atoms. The van der Waals surface area contributed by atoms with Gasteiger partial charge in [0.1, 0.15) is 34.9 Å². The number of hydrogen-bond donors (Lipinski definition) is 4. The summed E-state index contributed by atoms with van der Waals surface area (Å²) in [5, 5.41) is 7.51. The van der Waals surface area contributed by atoms with Gasteiger partial charge in [-0.25, -0.2) is 27.5 Å². The summed E-state index contributed by atoms with van der Waals surface area (Å²) in [7, 11) is 0. The van der Waals surface area contributed by atoms with Gasteiger partial charge in [-0.1, -0.05) is 13.8 Å². The first-order chi connectivity index (χ1) is 33.9. The molecular weight excluding hydrogens is 893 g/mol. The molecular formula is C56H56F4N8O2. The number of aromatic amines is 2. The Labute approximate surface area is 402 Å². The van der Waals surface area contributed by atoms with E-state index in [0.29, 0.717) is 45.7 Å². The number of carbonyl (C=O) groups is 2. The number of benzene rings is 4. The van der Waals surface area contributed by atoms with Crippen LogP contribution in [0.1, 0.15) is 158 Å². The maximum Gasteiger partial charge on any atom is 0.254 e. The van der Waals surface area contributed by atoms with Gasteiger partial charge in [-0.3, -0.25) is 19.6 Å². The van der Waals surface area contributed by atoms with Crippen LogP contribution in [0.4, 0.5) is 17.6 Å². The highest BCUT2D eigenvalue weighted by Gasteiger charge is 2.32. The number of rotatable bonds is 10. The van der Waals surface area contributed by atoms with Crippen LogP contribution in [-0.4, -0.2) is 53.8 Å². The van der Waals surface area contributed by atoms with Gasteiger partial charge < -0.3 is 20.6 Å². The molecule has 4 aromatic carbocycles. The smallest absolute Gasteiger partial charge is 0.254 e. The Morgan fingerprint density at radius 1 is 0.514 bits per heavy atom. The molecule has 2 unspecified atom stereocenters. The van der Waals surface area contributed by atoms with Crippen molar-refractivity contribution in [2.45, 2.75) is 127 Å². The zero-order valence-electron chi connectivity index (χ0n) is 39.3. The lowest BCUT2D eigenvalue weighted by Crippen LogP contribution is -2.26. The van der Waals surface area contributed by atoms with Gasteiger partial charge in [0.15, 0.2) is 0 Å². The van der Waals surface area contributed by atoms with Crippen LogP contribution in [-0.2, 0) is 0 Å². The normalized spacial score (nSPS) is 21.3. The van der Waals surface area contributed by atoms with Crippen molar-refractivity contribution in [1.29, 1.82) is 0 Å². The van der Waals surface area contributed by atoms with Crippen LogP contribution in [0.15, 0.2) is 85.2 Å². The summed E-state index contributed by atoms with van der Waals surface area (Å²) in [6, 6.07) is 19.9. The first-order valence-corrected chi connectivity index (χ1v) is 25.0. The molecule has 4 aliphatic carbocycles. The third kappa shape index (κ3) is 9.48. The number of pyridine rings is 2. The molecule has 0 saturated heterocycles. The van der Waals surface area contributed by atoms with E-state index in [0.717, 1.165) is 111 Å². The first kappa shape index (κ1) is 45.7. The first-order valence-electron chi connectivity index (χ1n) is 25.0. The minimum Gasteiger partial charge on any atom is -0.349 e. The summed E-state index contributed by atoms with van der Waals surface area (Å²) in [5.41, 5.74) is 6.60. The lowest BCUT2D eigenvalue weighted by atomic mass is 9.73. The second kappa shape index (κ2) is 18.9. The largest absolute Gasteiger partial charge is 0.349 e. The number of imidazole rings is 2. The van der Waals surface area contributed by atoms with Gasteiger partial charge in [-0.05, 0) is 173 Å². The molecule has 4 heterocycles. The van der Waals surface area contributed by atoms with E-state index >= 15 is 0 Å². The van der Waals surface area contributed by atoms with E-state index in [1.807, 2.05) is 24.5 Å². The van der Waals surface area contributed by atoms with Gasteiger partial charge in [0, 0.05) is 59.2 Å². The van der Waals surface area contributed by atoms with Crippen LogP contribution in [0.2, 0.25) is 0 Å². The van der Waals surface area contributed by atoms with Gasteiger partial charge in [0.2, 0.25) is 0 Å².